The lowest BCUT2D eigenvalue weighted by molar-refractivity contribution is -0.123. The molecule has 0 aliphatic heterocycles. The molecule has 0 saturated heterocycles. The van der Waals surface area contributed by atoms with E-state index >= 15 is 0 Å². The molecule has 1 amide bonds. The maximum absolute atomic E-state index is 13.3. The van der Waals surface area contributed by atoms with Crippen LogP contribution in [0.25, 0.3) is 0 Å². The Balaban J connectivity index is 2.60. The molecule has 0 aliphatic carbocycles. The van der Waals surface area contributed by atoms with Gasteiger partial charge < -0.3 is 11.1 Å². The van der Waals surface area contributed by atoms with Gasteiger partial charge in [0, 0.05) is 12.1 Å². The Labute approximate surface area is 105 Å². The molecule has 18 heavy (non-hydrogen) atoms. The summed E-state index contributed by atoms with van der Waals surface area (Å²) in [7, 11) is 0. The number of carbonyl (C=O) groups is 1. The highest BCUT2D eigenvalue weighted by molar-refractivity contribution is 5.81. The molecule has 0 aromatic heterocycles. The summed E-state index contributed by atoms with van der Waals surface area (Å²) in [6, 6.07) is 2.49. The fourth-order valence-electron chi connectivity index (χ4n) is 1.49. The molecule has 3 N–H and O–H groups in total. The minimum absolute atomic E-state index is 0.0438. The van der Waals surface area contributed by atoms with Crippen molar-refractivity contribution < 1.29 is 13.6 Å². The fourth-order valence-corrected chi connectivity index (χ4v) is 1.49. The van der Waals surface area contributed by atoms with E-state index in [0.29, 0.717) is 0 Å². The Bertz CT molecular complexity index is 423. The molecule has 1 aromatic carbocycles. The van der Waals surface area contributed by atoms with Crippen molar-refractivity contribution in [2.45, 2.75) is 32.9 Å². The molecule has 0 aliphatic rings. The molecule has 2 unspecified atom stereocenters. The number of carbonyl (C=O) groups excluding carboxylic acids is 1. The van der Waals surface area contributed by atoms with E-state index < -0.39 is 17.7 Å². The van der Waals surface area contributed by atoms with E-state index in [0.717, 1.165) is 24.6 Å². The van der Waals surface area contributed by atoms with Crippen LogP contribution < -0.4 is 11.1 Å². The predicted molar refractivity (Wildman–Crippen MR) is 65.6 cm³/mol. The summed E-state index contributed by atoms with van der Waals surface area (Å²) in [6.45, 7) is 3.74. The van der Waals surface area contributed by atoms with Gasteiger partial charge in [-0.05, 0) is 24.1 Å². The summed E-state index contributed by atoms with van der Waals surface area (Å²) in [5, 5.41) is 2.51. The summed E-state index contributed by atoms with van der Waals surface area (Å²) in [5.41, 5.74) is 5.83. The largest absolute Gasteiger partial charge is 0.351 e. The van der Waals surface area contributed by atoms with Gasteiger partial charge in [0.25, 0.3) is 0 Å². The number of benzene rings is 1. The summed E-state index contributed by atoms with van der Waals surface area (Å²) in [6.07, 6.45) is 0.781. The van der Waals surface area contributed by atoms with Crippen molar-refractivity contribution in [1.29, 1.82) is 0 Å². The van der Waals surface area contributed by atoms with Gasteiger partial charge in [0.2, 0.25) is 5.91 Å². The van der Waals surface area contributed by atoms with E-state index in [1.807, 2.05) is 13.8 Å². The third-order valence-corrected chi connectivity index (χ3v) is 3.02. The van der Waals surface area contributed by atoms with Gasteiger partial charge in [-0.1, -0.05) is 20.3 Å². The Kier molecular flexibility index (Phi) is 5.22. The predicted octanol–water partition coefficient (Wildman–Crippen LogP) is 1.95. The second-order valence-corrected chi connectivity index (χ2v) is 4.36. The summed E-state index contributed by atoms with van der Waals surface area (Å²) >= 11 is 0. The first kappa shape index (κ1) is 14.6. The molecule has 0 bridgehead atoms. The zero-order chi connectivity index (χ0) is 13.7. The molecule has 0 saturated carbocycles. The summed E-state index contributed by atoms with van der Waals surface area (Å²) < 4.78 is 26.2. The Hall–Kier alpha value is -1.49. The molecule has 1 rings (SSSR count). The fraction of sp³-hybridized carbons (Fsp3) is 0.462. The van der Waals surface area contributed by atoms with Crippen molar-refractivity contribution in [3.63, 3.8) is 0 Å². The summed E-state index contributed by atoms with van der Waals surface area (Å²) in [4.78, 5) is 11.7. The second-order valence-electron chi connectivity index (χ2n) is 4.36. The van der Waals surface area contributed by atoms with Crippen LogP contribution in [0.3, 0.4) is 0 Å². The number of amides is 1. The molecule has 0 fully saturated rings. The molecule has 0 radical (unpaired) electrons. The number of hydrogen-bond acceptors (Lipinski definition) is 2. The Morgan fingerprint density at radius 3 is 2.72 bits per heavy atom. The van der Waals surface area contributed by atoms with Crippen molar-refractivity contribution in [1.82, 2.24) is 5.32 Å². The lowest BCUT2D eigenvalue weighted by Crippen LogP contribution is -2.44. The lowest BCUT2D eigenvalue weighted by Gasteiger charge is -2.17. The average Bonchev–Trinajstić information content (AvgIpc) is 2.37. The highest BCUT2D eigenvalue weighted by atomic mass is 19.1. The first-order valence-electron chi connectivity index (χ1n) is 5.93. The molecule has 0 heterocycles. The zero-order valence-corrected chi connectivity index (χ0v) is 10.5. The third-order valence-electron chi connectivity index (χ3n) is 3.02. The topological polar surface area (TPSA) is 55.1 Å². The first-order chi connectivity index (χ1) is 8.45. The highest BCUT2D eigenvalue weighted by Crippen LogP contribution is 2.10. The maximum Gasteiger partial charge on any atom is 0.237 e. The van der Waals surface area contributed by atoms with E-state index in [1.54, 1.807) is 0 Å². The Morgan fingerprint density at radius 2 is 2.11 bits per heavy atom. The SMILES string of the molecule is CCC(C)C(N)C(=O)NCc1cc(F)ccc1F. The molecular formula is C13H18F2N2O. The van der Waals surface area contributed by atoms with Crippen LogP contribution in [0.2, 0.25) is 0 Å². The molecular weight excluding hydrogens is 238 g/mol. The molecule has 5 heteroatoms. The monoisotopic (exact) mass is 256 g/mol. The maximum atomic E-state index is 13.3. The van der Waals surface area contributed by atoms with Gasteiger partial charge in [-0.2, -0.15) is 0 Å². The van der Waals surface area contributed by atoms with Crippen molar-refractivity contribution in [2.24, 2.45) is 11.7 Å². The van der Waals surface area contributed by atoms with Crippen molar-refractivity contribution in [3.8, 4) is 0 Å². The number of nitrogens with two attached hydrogens (primary N) is 1. The van der Waals surface area contributed by atoms with E-state index in [1.165, 1.54) is 0 Å². The van der Waals surface area contributed by atoms with Gasteiger partial charge in [0.15, 0.2) is 0 Å². The second kappa shape index (κ2) is 6.44. The molecule has 1 aromatic rings. The summed E-state index contributed by atoms with van der Waals surface area (Å²) in [5.74, 6) is -1.39. The van der Waals surface area contributed by atoms with Crippen LogP contribution in [-0.4, -0.2) is 11.9 Å². The normalized spacial score (nSPS) is 14.1. The Morgan fingerprint density at radius 1 is 1.44 bits per heavy atom. The van der Waals surface area contributed by atoms with Gasteiger partial charge in [-0.25, -0.2) is 8.78 Å². The van der Waals surface area contributed by atoms with Crippen LogP contribution in [-0.2, 0) is 11.3 Å². The average molecular weight is 256 g/mol. The molecule has 0 spiro atoms. The molecule has 2 atom stereocenters. The van der Waals surface area contributed by atoms with Crippen LogP contribution in [0, 0.1) is 17.6 Å². The van der Waals surface area contributed by atoms with E-state index in [2.05, 4.69) is 5.32 Å². The minimum Gasteiger partial charge on any atom is -0.351 e. The van der Waals surface area contributed by atoms with Crippen LogP contribution in [0.1, 0.15) is 25.8 Å². The minimum atomic E-state index is -0.633. The van der Waals surface area contributed by atoms with Crippen LogP contribution in [0.15, 0.2) is 18.2 Å². The van der Waals surface area contributed by atoms with E-state index in [9.17, 15) is 13.6 Å². The van der Waals surface area contributed by atoms with E-state index in [4.69, 9.17) is 5.73 Å². The van der Waals surface area contributed by atoms with Gasteiger partial charge >= 0.3 is 0 Å². The van der Waals surface area contributed by atoms with Crippen LogP contribution >= 0.6 is 0 Å². The highest BCUT2D eigenvalue weighted by Gasteiger charge is 2.19. The van der Waals surface area contributed by atoms with Crippen LogP contribution in [0.4, 0.5) is 8.78 Å². The van der Waals surface area contributed by atoms with Gasteiger partial charge in [-0.3, -0.25) is 4.79 Å². The van der Waals surface area contributed by atoms with Gasteiger partial charge in [-0.15, -0.1) is 0 Å². The third kappa shape index (κ3) is 3.77. The van der Waals surface area contributed by atoms with Crippen molar-refractivity contribution in [3.05, 3.63) is 35.4 Å². The number of hydrogen-bond donors (Lipinski definition) is 2. The lowest BCUT2D eigenvalue weighted by atomic mass is 9.99. The molecule has 100 valence electrons. The van der Waals surface area contributed by atoms with Gasteiger partial charge in [0.05, 0.1) is 6.04 Å². The van der Waals surface area contributed by atoms with Crippen molar-refractivity contribution >= 4 is 5.91 Å². The van der Waals surface area contributed by atoms with E-state index in [-0.39, 0.29) is 23.9 Å². The van der Waals surface area contributed by atoms with Crippen LogP contribution in [0.5, 0.6) is 0 Å². The number of halogens is 2. The quantitative estimate of drug-likeness (QED) is 0.846. The number of rotatable bonds is 5. The zero-order valence-electron chi connectivity index (χ0n) is 10.5. The number of nitrogens with one attached hydrogen (secondary N) is 1. The smallest absolute Gasteiger partial charge is 0.237 e. The standard InChI is InChI=1S/C13H18F2N2O/c1-3-8(2)12(16)13(18)17-7-9-6-10(14)4-5-11(9)15/h4-6,8,12H,3,7,16H2,1-2H3,(H,17,18). The first-order valence-corrected chi connectivity index (χ1v) is 5.93. The van der Waals surface area contributed by atoms with Crippen molar-refractivity contribution in [2.75, 3.05) is 0 Å². The molecule has 3 nitrogen and oxygen atoms in total. The van der Waals surface area contributed by atoms with Gasteiger partial charge in [0.1, 0.15) is 11.6 Å².